The van der Waals surface area contributed by atoms with Crippen molar-refractivity contribution in [1.29, 1.82) is 0 Å². The third-order valence-corrected chi connectivity index (χ3v) is 13.4. The molecule has 2 unspecified atom stereocenters. The number of nitrogens with one attached hydrogen (secondary N) is 2. The van der Waals surface area contributed by atoms with Crippen molar-refractivity contribution in [3.63, 3.8) is 0 Å². The number of thioether (sulfide) groups is 1. The molecule has 1 fully saturated rings. The van der Waals surface area contributed by atoms with E-state index in [1.807, 2.05) is 152 Å². The molecular weight excluding hydrogens is 883 g/mol. The molecule has 342 valence electrons. The molecule has 5 aromatic carbocycles. The molecule has 8 rings (SSSR count). The van der Waals surface area contributed by atoms with Crippen molar-refractivity contribution < 1.29 is 33.5 Å². The first-order valence-electron chi connectivity index (χ1n) is 21.8. The van der Waals surface area contributed by atoms with Gasteiger partial charge in [-0.2, -0.15) is 0 Å². The molecule has 1 saturated heterocycles. The van der Waals surface area contributed by atoms with E-state index in [4.69, 9.17) is 19.3 Å². The number of nitrogens with zero attached hydrogens (tertiary/aromatic N) is 3. The zero-order chi connectivity index (χ0) is 47.3. The minimum atomic E-state index is -1.63. The summed E-state index contributed by atoms with van der Waals surface area (Å²) in [4.78, 5) is 68.4. The van der Waals surface area contributed by atoms with Gasteiger partial charge < -0.3 is 24.9 Å². The van der Waals surface area contributed by atoms with Gasteiger partial charge in [-0.25, -0.2) is 14.6 Å². The van der Waals surface area contributed by atoms with Crippen LogP contribution in [0.25, 0.3) is 0 Å². The molecule has 2 aliphatic heterocycles. The first-order valence-corrected chi connectivity index (χ1v) is 23.8. The van der Waals surface area contributed by atoms with Gasteiger partial charge in [-0.05, 0) is 74.9 Å². The van der Waals surface area contributed by atoms with Crippen LogP contribution in [-0.4, -0.2) is 67.7 Å². The summed E-state index contributed by atoms with van der Waals surface area (Å²) in [7, 11) is 0. The second kappa shape index (κ2) is 19.4. The number of anilines is 1. The number of oxime groups is 1. The van der Waals surface area contributed by atoms with Crippen LogP contribution in [0.5, 0.6) is 0 Å². The lowest BCUT2D eigenvalue weighted by Crippen LogP contribution is -2.71. The lowest BCUT2D eigenvalue weighted by molar-refractivity contribution is -0.179. The van der Waals surface area contributed by atoms with E-state index in [0.29, 0.717) is 16.5 Å². The first kappa shape index (κ1) is 46.5. The summed E-state index contributed by atoms with van der Waals surface area (Å²) < 4.78 is 11.8. The van der Waals surface area contributed by atoms with E-state index in [-0.39, 0.29) is 17.1 Å². The van der Waals surface area contributed by atoms with E-state index >= 15 is 0 Å². The number of aromatic nitrogens is 1. The molecule has 0 aliphatic carbocycles. The molecule has 6 aromatic rings. The van der Waals surface area contributed by atoms with Crippen LogP contribution in [0, 0.1) is 0 Å². The van der Waals surface area contributed by atoms with Gasteiger partial charge in [0.15, 0.2) is 16.9 Å². The lowest BCUT2D eigenvalue weighted by Gasteiger charge is -2.49. The van der Waals surface area contributed by atoms with Gasteiger partial charge in [0.2, 0.25) is 5.60 Å². The fourth-order valence-electron chi connectivity index (χ4n) is 7.90. The summed E-state index contributed by atoms with van der Waals surface area (Å²) in [5, 5.41) is 12.4. The van der Waals surface area contributed by atoms with Gasteiger partial charge in [-0.3, -0.25) is 14.5 Å². The highest BCUT2D eigenvalue weighted by Crippen LogP contribution is 2.43. The number of carbonyl (C=O) groups is 4. The third kappa shape index (κ3) is 9.91. The number of ether oxygens (including phenoxy) is 2. The quantitative estimate of drug-likeness (QED) is 0.0336. The first-order chi connectivity index (χ1) is 32.2. The van der Waals surface area contributed by atoms with Gasteiger partial charge >= 0.3 is 11.9 Å². The Hall–Kier alpha value is -7.03. The Balaban J connectivity index is 1.09. The Labute approximate surface area is 398 Å². The van der Waals surface area contributed by atoms with Crippen molar-refractivity contribution in [2.75, 3.05) is 11.1 Å². The molecule has 0 radical (unpaired) electrons. The number of hydrogen-bond donors (Lipinski definition) is 2. The average molecular weight is 934 g/mol. The maximum absolute atomic E-state index is 14.6. The number of benzene rings is 5. The van der Waals surface area contributed by atoms with E-state index in [0.717, 1.165) is 27.8 Å². The van der Waals surface area contributed by atoms with Gasteiger partial charge in [-0.15, -0.1) is 23.1 Å². The zero-order valence-electron chi connectivity index (χ0n) is 38.0. The SMILES string of the molecule is CC1=C(C(=O)OC(c2ccccc2)c2ccccc2)N2C(=O)C(NC(=O)/C(=N/OC(C)(C)C(=O)OC(C)(C)C)c3csc(NC(c4ccccc4)(c4ccccc4)c4ccccc4)n3)C2SC1. The molecule has 67 heavy (non-hydrogen) atoms. The zero-order valence-corrected chi connectivity index (χ0v) is 39.6. The monoisotopic (exact) mass is 933 g/mol. The van der Waals surface area contributed by atoms with Crippen LogP contribution in [0.4, 0.5) is 5.13 Å². The number of hydrogen-bond acceptors (Lipinski definition) is 12. The number of β-lactam (4-membered cyclic amide) rings is 1. The Kier molecular flexibility index (Phi) is 13.5. The number of esters is 2. The summed E-state index contributed by atoms with van der Waals surface area (Å²) in [6.45, 7) is 9.99. The molecule has 3 heterocycles. The van der Waals surface area contributed by atoms with Gasteiger partial charge in [0.25, 0.3) is 11.8 Å². The smallest absolute Gasteiger partial charge is 0.356 e. The molecule has 0 saturated carbocycles. The topological polar surface area (TPSA) is 149 Å². The molecule has 2 aliphatic rings. The van der Waals surface area contributed by atoms with E-state index in [1.54, 1.807) is 33.1 Å². The fourth-order valence-corrected chi connectivity index (χ4v) is 9.95. The second-order valence-corrected chi connectivity index (χ2v) is 19.6. The summed E-state index contributed by atoms with van der Waals surface area (Å²) in [6.07, 6.45) is -0.727. The van der Waals surface area contributed by atoms with Crippen molar-refractivity contribution in [3.8, 4) is 0 Å². The van der Waals surface area contributed by atoms with Gasteiger partial charge in [0.05, 0.1) is 0 Å². The normalized spacial score (nSPS) is 16.4. The van der Waals surface area contributed by atoms with E-state index in [1.165, 1.54) is 41.8 Å². The van der Waals surface area contributed by atoms with E-state index < -0.39 is 58.0 Å². The summed E-state index contributed by atoms with van der Waals surface area (Å²) in [5.41, 5.74) is 1.66. The Morgan fingerprint density at radius 2 is 1.24 bits per heavy atom. The highest BCUT2D eigenvalue weighted by Gasteiger charge is 2.54. The van der Waals surface area contributed by atoms with Crippen LogP contribution >= 0.6 is 23.1 Å². The fraction of sp³-hybridized carbons (Fsp3) is 0.245. The Bertz CT molecular complexity index is 2660. The molecule has 12 nitrogen and oxygen atoms in total. The average Bonchev–Trinajstić information content (AvgIpc) is 3.80. The summed E-state index contributed by atoms with van der Waals surface area (Å²) in [5.74, 6) is -2.22. The van der Waals surface area contributed by atoms with Crippen LogP contribution in [0.15, 0.2) is 173 Å². The Morgan fingerprint density at radius 3 is 1.73 bits per heavy atom. The molecular formula is C53H51N5O7S2. The van der Waals surface area contributed by atoms with Crippen molar-refractivity contribution in [2.45, 2.75) is 75.8 Å². The number of amides is 2. The van der Waals surface area contributed by atoms with Crippen molar-refractivity contribution >= 4 is 57.7 Å². The Morgan fingerprint density at radius 1 is 0.746 bits per heavy atom. The van der Waals surface area contributed by atoms with Crippen LogP contribution < -0.4 is 10.6 Å². The molecule has 2 N–H and O–H groups in total. The summed E-state index contributed by atoms with van der Waals surface area (Å²) in [6, 6.07) is 47.8. The van der Waals surface area contributed by atoms with Crippen molar-refractivity contribution in [2.24, 2.45) is 5.16 Å². The standard InChI is InChI=1S/C53H51N5O7S2/c1-34-32-66-47-42(46(60)58(47)43(34)48(61)63-44(35-22-12-7-13-23-35)36-24-14-8-15-25-36)55-45(59)41(57-65-52(5,6)49(62)64-51(2,3)4)40-33-67-50(54-40)56-53(37-26-16-9-17-27-37,38-28-18-10-19-29-38)39-30-20-11-21-31-39/h7-31,33,42,44,47H,32H2,1-6H3,(H,54,56)(H,55,59)/b57-41+. The number of thiazole rings is 1. The molecule has 1 aromatic heterocycles. The van der Waals surface area contributed by atoms with Gasteiger partial charge in [0, 0.05) is 11.1 Å². The predicted molar refractivity (Wildman–Crippen MR) is 261 cm³/mol. The van der Waals surface area contributed by atoms with E-state index in [9.17, 15) is 19.2 Å². The molecule has 2 atom stereocenters. The van der Waals surface area contributed by atoms with E-state index in [2.05, 4.69) is 15.8 Å². The molecule has 0 spiro atoms. The molecule has 14 heteroatoms. The minimum Gasteiger partial charge on any atom is -0.457 e. The highest BCUT2D eigenvalue weighted by atomic mass is 32.2. The van der Waals surface area contributed by atoms with Crippen LogP contribution in [0.3, 0.4) is 0 Å². The minimum absolute atomic E-state index is 0.126. The highest BCUT2D eigenvalue weighted by molar-refractivity contribution is 8.00. The maximum atomic E-state index is 14.6. The lowest BCUT2D eigenvalue weighted by atomic mass is 9.77. The maximum Gasteiger partial charge on any atom is 0.356 e. The number of fused-ring (bicyclic) bond motifs is 1. The van der Waals surface area contributed by atoms with Gasteiger partial charge in [-0.1, -0.05) is 157 Å². The molecule has 0 bridgehead atoms. The summed E-state index contributed by atoms with van der Waals surface area (Å²) >= 11 is 2.66. The number of rotatable bonds is 15. The van der Waals surface area contributed by atoms with Crippen LogP contribution in [0.2, 0.25) is 0 Å². The van der Waals surface area contributed by atoms with Crippen LogP contribution in [-0.2, 0) is 39.0 Å². The van der Waals surface area contributed by atoms with Crippen molar-refractivity contribution in [3.05, 3.63) is 202 Å². The van der Waals surface area contributed by atoms with Gasteiger partial charge in [0.1, 0.15) is 33.9 Å². The molecule has 2 amide bonds. The third-order valence-electron chi connectivity index (χ3n) is 11.2. The number of carbonyl (C=O) groups excluding carboxylic acids is 4. The second-order valence-electron chi connectivity index (χ2n) is 17.7. The predicted octanol–water partition coefficient (Wildman–Crippen LogP) is 9.39. The largest absolute Gasteiger partial charge is 0.457 e. The van der Waals surface area contributed by atoms with Crippen molar-refractivity contribution in [1.82, 2.24) is 15.2 Å². The van der Waals surface area contributed by atoms with Crippen LogP contribution in [0.1, 0.15) is 81.2 Å².